The number of thiocarbonyl (C=S) groups is 1. The van der Waals surface area contributed by atoms with Crippen molar-refractivity contribution in [3.05, 3.63) is 69.3 Å². The van der Waals surface area contributed by atoms with Crippen LogP contribution in [0.3, 0.4) is 0 Å². The lowest BCUT2D eigenvalue weighted by molar-refractivity contribution is 0.0977. The van der Waals surface area contributed by atoms with Crippen LogP contribution in [-0.2, 0) is 6.61 Å². The molecule has 1 amide bonds. The quantitative estimate of drug-likeness (QED) is 0.387. The predicted octanol–water partition coefficient (Wildman–Crippen LogP) is 5.38. The standard InChI is InChI=1S/C21H18BrClN2O4S/c1-2-28-19-7-3-12(9-16(19)22)20(27)25-21(30)24-13-4-6-17(23)15(10-13)18-8-5-14(11-26)29-18/h3-10,26H,2,11H2,1H3,(H2,24,25,27,30). The number of rotatable bonds is 6. The molecule has 0 aliphatic rings. The minimum absolute atomic E-state index is 0.133. The van der Waals surface area contributed by atoms with Gasteiger partial charge in [-0.1, -0.05) is 11.6 Å². The third-order valence-corrected chi connectivity index (χ3v) is 5.18. The van der Waals surface area contributed by atoms with E-state index in [0.29, 0.717) is 50.2 Å². The van der Waals surface area contributed by atoms with Gasteiger partial charge >= 0.3 is 0 Å². The summed E-state index contributed by atoms with van der Waals surface area (Å²) < 4.78 is 11.7. The third kappa shape index (κ3) is 5.40. The van der Waals surface area contributed by atoms with Gasteiger partial charge in [-0.25, -0.2) is 0 Å². The molecule has 0 bridgehead atoms. The van der Waals surface area contributed by atoms with Crippen molar-refractivity contribution in [1.29, 1.82) is 0 Å². The molecule has 0 spiro atoms. The van der Waals surface area contributed by atoms with Crippen molar-refractivity contribution in [3.63, 3.8) is 0 Å². The topological polar surface area (TPSA) is 83.7 Å². The van der Waals surface area contributed by atoms with Gasteiger partial charge in [0.1, 0.15) is 23.9 Å². The Morgan fingerprint density at radius 1 is 1.23 bits per heavy atom. The SMILES string of the molecule is CCOc1ccc(C(=O)NC(=S)Nc2ccc(Cl)c(-c3ccc(CO)o3)c2)cc1Br. The van der Waals surface area contributed by atoms with Gasteiger partial charge in [0.25, 0.3) is 5.91 Å². The zero-order valence-electron chi connectivity index (χ0n) is 15.9. The molecular formula is C21H18BrClN2O4S. The van der Waals surface area contributed by atoms with Crippen molar-refractivity contribution < 1.29 is 19.1 Å². The predicted molar refractivity (Wildman–Crippen MR) is 124 cm³/mol. The summed E-state index contributed by atoms with van der Waals surface area (Å²) in [6, 6.07) is 13.6. The number of anilines is 1. The van der Waals surface area contributed by atoms with Crippen molar-refractivity contribution in [2.75, 3.05) is 11.9 Å². The van der Waals surface area contributed by atoms with Gasteiger partial charge in [0.2, 0.25) is 0 Å². The molecule has 0 radical (unpaired) electrons. The Hall–Kier alpha value is -2.39. The summed E-state index contributed by atoms with van der Waals surface area (Å²) in [5, 5.41) is 15.4. The molecule has 0 aliphatic heterocycles. The van der Waals surface area contributed by atoms with E-state index >= 15 is 0 Å². The maximum atomic E-state index is 12.5. The zero-order valence-corrected chi connectivity index (χ0v) is 19.0. The van der Waals surface area contributed by atoms with Crippen LogP contribution in [0, 0.1) is 0 Å². The second-order valence-corrected chi connectivity index (χ2v) is 7.77. The normalized spacial score (nSPS) is 10.5. The highest BCUT2D eigenvalue weighted by molar-refractivity contribution is 9.10. The van der Waals surface area contributed by atoms with Crippen molar-refractivity contribution in [3.8, 4) is 17.1 Å². The van der Waals surface area contributed by atoms with Gasteiger partial charge in [-0.05, 0) is 83.6 Å². The Morgan fingerprint density at radius 3 is 2.70 bits per heavy atom. The lowest BCUT2D eigenvalue weighted by atomic mass is 10.1. The second-order valence-electron chi connectivity index (χ2n) is 6.11. The first-order valence-corrected chi connectivity index (χ1v) is 10.5. The number of aliphatic hydroxyl groups is 1. The number of hydrogen-bond donors (Lipinski definition) is 3. The summed E-state index contributed by atoms with van der Waals surface area (Å²) in [5.41, 5.74) is 1.68. The molecule has 0 fully saturated rings. The summed E-state index contributed by atoms with van der Waals surface area (Å²) in [4.78, 5) is 12.5. The van der Waals surface area contributed by atoms with Crippen molar-refractivity contribution in [2.45, 2.75) is 13.5 Å². The van der Waals surface area contributed by atoms with Crippen molar-refractivity contribution in [2.24, 2.45) is 0 Å². The molecule has 6 nitrogen and oxygen atoms in total. The lowest BCUT2D eigenvalue weighted by Crippen LogP contribution is -2.34. The Kier molecular flexibility index (Phi) is 7.49. The maximum absolute atomic E-state index is 12.5. The van der Waals surface area contributed by atoms with Crippen LogP contribution in [0.25, 0.3) is 11.3 Å². The molecule has 9 heteroatoms. The highest BCUT2D eigenvalue weighted by Gasteiger charge is 2.13. The number of nitrogens with one attached hydrogen (secondary N) is 2. The first-order chi connectivity index (χ1) is 14.4. The van der Waals surface area contributed by atoms with Gasteiger partial charge in [0.05, 0.1) is 16.1 Å². The molecule has 0 atom stereocenters. The van der Waals surface area contributed by atoms with Crippen LogP contribution >= 0.6 is 39.7 Å². The molecule has 0 saturated heterocycles. The van der Waals surface area contributed by atoms with Gasteiger partial charge in [0, 0.05) is 16.8 Å². The van der Waals surface area contributed by atoms with Gasteiger partial charge in [-0.3, -0.25) is 10.1 Å². The number of amides is 1. The minimum atomic E-state index is -0.357. The van der Waals surface area contributed by atoms with Crippen LogP contribution in [0.2, 0.25) is 5.02 Å². The fraction of sp³-hybridized carbons (Fsp3) is 0.143. The Labute approximate surface area is 192 Å². The van der Waals surface area contributed by atoms with E-state index in [4.69, 9.17) is 33.0 Å². The molecule has 3 rings (SSSR count). The first kappa shape index (κ1) is 22.3. The third-order valence-electron chi connectivity index (χ3n) is 4.03. The van der Waals surface area contributed by atoms with Crippen LogP contribution < -0.4 is 15.4 Å². The minimum Gasteiger partial charge on any atom is -0.493 e. The molecule has 0 unspecified atom stereocenters. The second kappa shape index (κ2) is 10.1. The van der Waals surface area contributed by atoms with Crippen LogP contribution in [-0.4, -0.2) is 22.7 Å². The number of ether oxygens (including phenoxy) is 1. The number of halogens is 2. The monoisotopic (exact) mass is 508 g/mol. The molecule has 1 heterocycles. The van der Waals surface area contributed by atoms with E-state index < -0.39 is 0 Å². The number of furan rings is 1. The Balaban J connectivity index is 1.69. The average Bonchev–Trinajstić information content (AvgIpc) is 3.20. The molecule has 2 aromatic carbocycles. The van der Waals surface area contributed by atoms with E-state index in [0.717, 1.165) is 0 Å². The lowest BCUT2D eigenvalue weighted by Gasteiger charge is -2.12. The molecule has 1 aromatic heterocycles. The first-order valence-electron chi connectivity index (χ1n) is 8.95. The van der Waals surface area contributed by atoms with Gasteiger partial charge in [-0.15, -0.1) is 0 Å². The summed E-state index contributed by atoms with van der Waals surface area (Å²) in [7, 11) is 0. The summed E-state index contributed by atoms with van der Waals surface area (Å²) in [6.45, 7) is 2.21. The Morgan fingerprint density at radius 2 is 2.03 bits per heavy atom. The van der Waals surface area contributed by atoms with E-state index in [9.17, 15) is 9.90 Å². The molecule has 30 heavy (non-hydrogen) atoms. The van der Waals surface area contributed by atoms with Gasteiger partial charge in [-0.2, -0.15) is 0 Å². The summed E-state index contributed by atoms with van der Waals surface area (Å²) >= 11 is 14.9. The van der Waals surface area contributed by atoms with Crippen LogP contribution in [0.4, 0.5) is 5.69 Å². The Bertz CT molecular complexity index is 1090. The highest BCUT2D eigenvalue weighted by atomic mass is 79.9. The number of carbonyl (C=O) groups excluding carboxylic acids is 1. The molecular weight excluding hydrogens is 492 g/mol. The molecule has 156 valence electrons. The molecule has 0 aliphatic carbocycles. The smallest absolute Gasteiger partial charge is 0.257 e. The fourth-order valence-corrected chi connectivity index (χ4v) is 3.57. The van der Waals surface area contributed by atoms with Crippen LogP contribution in [0.5, 0.6) is 5.75 Å². The van der Waals surface area contributed by atoms with Crippen LogP contribution in [0.1, 0.15) is 23.0 Å². The van der Waals surface area contributed by atoms with E-state index in [2.05, 4.69) is 26.6 Å². The average molecular weight is 510 g/mol. The summed E-state index contributed by atoms with van der Waals surface area (Å²) in [6.07, 6.45) is 0. The van der Waals surface area contributed by atoms with E-state index in [1.165, 1.54) is 0 Å². The molecule has 0 saturated carbocycles. The van der Waals surface area contributed by atoms with E-state index in [1.807, 2.05) is 6.92 Å². The maximum Gasteiger partial charge on any atom is 0.257 e. The van der Waals surface area contributed by atoms with Gasteiger partial charge < -0.3 is 19.6 Å². The highest BCUT2D eigenvalue weighted by Crippen LogP contribution is 2.32. The number of aliphatic hydroxyl groups excluding tert-OH is 1. The summed E-state index contributed by atoms with van der Waals surface area (Å²) in [5.74, 6) is 1.25. The van der Waals surface area contributed by atoms with Crippen molar-refractivity contribution in [1.82, 2.24) is 5.32 Å². The van der Waals surface area contributed by atoms with E-state index in [-0.39, 0.29) is 17.6 Å². The fourth-order valence-electron chi connectivity index (χ4n) is 2.65. The molecule has 3 aromatic rings. The van der Waals surface area contributed by atoms with E-state index in [1.54, 1.807) is 48.5 Å². The van der Waals surface area contributed by atoms with Crippen molar-refractivity contribution >= 4 is 56.5 Å². The number of carbonyl (C=O) groups is 1. The zero-order chi connectivity index (χ0) is 21.7. The number of benzene rings is 2. The number of hydrogen-bond acceptors (Lipinski definition) is 5. The molecule has 3 N–H and O–H groups in total. The largest absolute Gasteiger partial charge is 0.493 e. The van der Waals surface area contributed by atoms with Gasteiger partial charge in [0.15, 0.2) is 5.11 Å². The van der Waals surface area contributed by atoms with Crippen LogP contribution in [0.15, 0.2) is 57.4 Å².